The molecule has 0 bridgehead atoms. The molecule has 2 nitrogen and oxygen atoms in total. The molecule has 4 heteroatoms. The molecule has 2 atom stereocenters. The average molecular weight is 317 g/mol. The third-order valence-corrected chi connectivity index (χ3v) is 3.95. The lowest BCUT2D eigenvalue weighted by atomic mass is 9.82. The van der Waals surface area contributed by atoms with E-state index in [1.54, 1.807) is 6.07 Å². The summed E-state index contributed by atoms with van der Waals surface area (Å²) in [6, 6.07) is 5.86. The van der Waals surface area contributed by atoms with E-state index in [1.807, 2.05) is 12.1 Å². The first kappa shape index (κ1) is 17.8. The second-order valence-electron chi connectivity index (χ2n) is 6.91. The van der Waals surface area contributed by atoms with Crippen molar-refractivity contribution in [3.8, 4) is 0 Å². The molecule has 1 aromatic carbocycles. The van der Waals surface area contributed by atoms with E-state index in [-0.39, 0.29) is 6.04 Å². The van der Waals surface area contributed by atoms with Crippen LogP contribution in [-0.2, 0) is 6.42 Å². The van der Waals surface area contributed by atoms with Gasteiger partial charge in [-0.05, 0) is 48.3 Å². The van der Waals surface area contributed by atoms with E-state index in [9.17, 15) is 0 Å². The highest BCUT2D eigenvalue weighted by Gasteiger charge is 2.19. The van der Waals surface area contributed by atoms with Crippen molar-refractivity contribution in [3.63, 3.8) is 0 Å². The molecule has 0 aliphatic carbocycles. The Balaban J connectivity index is 2.63. The summed E-state index contributed by atoms with van der Waals surface area (Å²) in [5, 5.41) is 1.37. The van der Waals surface area contributed by atoms with E-state index in [1.165, 1.54) is 6.42 Å². The standard InChI is InChI=1S/C16H26Cl2N2/c1-11(10-16(2,3)4)7-14(20-19)8-12-5-6-13(17)9-15(12)18/h5-6,9,11,14,20H,7-8,10,19H2,1-4H3. The largest absolute Gasteiger partial charge is 0.271 e. The van der Waals surface area contributed by atoms with Gasteiger partial charge in [-0.15, -0.1) is 0 Å². The first-order chi connectivity index (χ1) is 9.21. The van der Waals surface area contributed by atoms with Crippen LogP contribution in [0.5, 0.6) is 0 Å². The molecule has 2 unspecified atom stereocenters. The van der Waals surface area contributed by atoms with Crippen LogP contribution in [0.1, 0.15) is 46.1 Å². The lowest BCUT2D eigenvalue weighted by molar-refractivity contribution is 0.274. The van der Waals surface area contributed by atoms with Crippen molar-refractivity contribution in [2.45, 2.75) is 53.0 Å². The molecule has 1 rings (SSSR count). The van der Waals surface area contributed by atoms with E-state index >= 15 is 0 Å². The van der Waals surface area contributed by atoms with Crippen molar-refractivity contribution >= 4 is 23.2 Å². The van der Waals surface area contributed by atoms with E-state index in [2.05, 4.69) is 33.1 Å². The minimum Gasteiger partial charge on any atom is -0.271 e. The molecule has 0 fully saturated rings. The van der Waals surface area contributed by atoms with Crippen LogP contribution < -0.4 is 11.3 Å². The quantitative estimate of drug-likeness (QED) is 0.582. The Morgan fingerprint density at radius 1 is 1.25 bits per heavy atom. The topological polar surface area (TPSA) is 38.0 Å². The number of rotatable bonds is 6. The van der Waals surface area contributed by atoms with Crippen LogP contribution >= 0.6 is 23.2 Å². The minimum atomic E-state index is 0.228. The normalized spacial score (nSPS) is 15.2. The highest BCUT2D eigenvalue weighted by atomic mass is 35.5. The van der Waals surface area contributed by atoms with Crippen molar-refractivity contribution in [3.05, 3.63) is 33.8 Å². The molecule has 0 heterocycles. The summed E-state index contributed by atoms with van der Waals surface area (Å²) in [5.74, 6) is 6.31. The van der Waals surface area contributed by atoms with Gasteiger partial charge in [-0.1, -0.05) is 57.0 Å². The van der Waals surface area contributed by atoms with Crippen LogP contribution in [0.3, 0.4) is 0 Å². The van der Waals surface area contributed by atoms with Crippen molar-refractivity contribution < 1.29 is 0 Å². The molecule has 0 saturated carbocycles. The number of nitrogens with two attached hydrogens (primary N) is 1. The Morgan fingerprint density at radius 3 is 2.40 bits per heavy atom. The van der Waals surface area contributed by atoms with Crippen LogP contribution in [0.2, 0.25) is 10.0 Å². The zero-order valence-corrected chi connectivity index (χ0v) is 14.4. The zero-order valence-electron chi connectivity index (χ0n) is 12.8. The number of hydrogen-bond donors (Lipinski definition) is 2. The Bertz CT molecular complexity index is 427. The summed E-state index contributed by atoms with van der Waals surface area (Å²) in [5.41, 5.74) is 4.35. The van der Waals surface area contributed by atoms with Gasteiger partial charge < -0.3 is 0 Å². The number of halogens is 2. The molecule has 0 aromatic heterocycles. The fraction of sp³-hybridized carbons (Fsp3) is 0.625. The summed E-state index contributed by atoms with van der Waals surface area (Å²) >= 11 is 12.1. The maximum atomic E-state index is 6.22. The number of nitrogens with one attached hydrogen (secondary N) is 1. The van der Waals surface area contributed by atoms with E-state index in [4.69, 9.17) is 29.0 Å². The van der Waals surface area contributed by atoms with Gasteiger partial charge in [0.2, 0.25) is 0 Å². The fourth-order valence-electron chi connectivity index (χ4n) is 2.78. The first-order valence-electron chi connectivity index (χ1n) is 7.11. The smallest absolute Gasteiger partial charge is 0.0453 e. The molecule has 0 amide bonds. The van der Waals surface area contributed by atoms with Crippen molar-refractivity contribution in [2.24, 2.45) is 17.2 Å². The summed E-state index contributed by atoms with van der Waals surface area (Å²) in [6.45, 7) is 9.08. The zero-order chi connectivity index (χ0) is 15.3. The Labute approximate surface area is 133 Å². The van der Waals surface area contributed by atoms with Crippen molar-refractivity contribution in [1.82, 2.24) is 5.43 Å². The molecular formula is C16H26Cl2N2. The van der Waals surface area contributed by atoms with Crippen LogP contribution in [0, 0.1) is 11.3 Å². The minimum absolute atomic E-state index is 0.228. The van der Waals surface area contributed by atoms with Crippen LogP contribution in [0.4, 0.5) is 0 Å². The lowest BCUT2D eigenvalue weighted by Gasteiger charge is -2.26. The highest BCUT2D eigenvalue weighted by Crippen LogP contribution is 2.28. The van der Waals surface area contributed by atoms with Gasteiger partial charge in [0.05, 0.1) is 0 Å². The Kier molecular flexibility index (Phi) is 6.80. The van der Waals surface area contributed by atoms with E-state index < -0.39 is 0 Å². The summed E-state index contributed by atoms with van der Waals surface area (Å²) in [6.07, 6.45) is 3.03. The Hall–Kier alpha value is -0.280. The molecule has 114 valence electrons. The second-order valence-corrected chi connectivity index (χ2v) is 7.75. The van der Waals surface area contributed by atoms with Gasteiger partial charge in [0, 0.05) is 16.1 Å². The number of hydrazine groups is 1. The SMILES string of the molecule is CC(CC(Cc1ccc(Cl)cc1Cl)NN)CC(C)(C)C. The molecule has 20 heavy (non-hydrogen) atoms. The molecule has 0 aliphatic heterocycles. The predicted molar refractivity (Wildman–Crippen MR) is 89.1 cm³/mol. The number of hydrogen-bond acceptors (Lipinski definition) is 2. The van der Waals surface area contributed by atoms with Crippen molar-refractivity contribution in [1.29, 1.82) is 0 Å². The summed E-state index contributed by atoms with van der Waals surface area (Å²) in [7, 11) is 0. The maximum absolute atomic E-state index is 6.22. The third-order valence-electron chi connectivity index (χ3n) is 3.36. The van der Waals surface area contributed by atoms with Gasteiger partial charge in [-0.3, -0.25) is 11.3 Å². The maximum Gasteiger partial charge on any atom is 0.0453 e. The van der Waals surface area contributed by atoms with Crippen LogP contribution in [-0.4, -0.2) is 6.04 Å². The number of benzene rings is 1. The van der Waals surface area contributed by atoms with E-state index in [0.29, 0.717) is 21.4 Å². The predicted octanol–water partition coefficient (Wildman–Crippen LogP) is 4.83. The highest BCUT2D eigenvalue weighted by molar-refractivity contribution is 6.35. The van der Waals surface area contributed by atoms with E-state index in [0.717, 1.165) is 18.4 Å². The third kappa shape index (κ3) is 6.45. The van der Waals surface area contributed by atoms with Crippen molar-refractivity contribution in [2.75, 3.05) is 0 Å². The molecule has 0 aliphatic rings. The monoisotopic (exact) mass is 316 g/mol. The summed E-state index contributed by atoms with van der Waals surface area (Å²) < 4.78 is 0. The van der Waals surface area contributed by atoms with Crippen LogP contribution in [0.25, 0.3) is 0 Å². The lowest BCUT2D eigenvalue weighted by Crippen LogP contribution is -2.38. The van der Waals surface area contributed by atoms with Crippen LogP contribution in [0.15, 0.2) is 18.2 Å². The molecule has 0 spiro atoms. The average Bonchev–Trinajstić information content (AvgIpc) is 2.29. The van der Waals surface area contributed by atoms with Gasteiger partial charge in [-0.25, -0.2) is 0 Å². The fourth-order valence-corrected chi connectivity index (χ4v) is 3.26. The van der Waals surface area contributed by atoms with Gasteiger partial charge in [0.25, 0.3) is 0 Å². The summed E-state index contributed by atoms with van der Waals surface area (Å²) in [4.78, 5) is 0. The van der Waals surface area contributed by atoms with Gasteiger partial charge >= 0.3 is 0 Å². The Morgan fingerprint density at radius 2 is 1.90 bits per heavy atom. The first-order valence-corrected chi connectivity index (χ1v) is 7.87. The molecule has 0 radical (unpaired) electrons. The molecule has 1 aromatic rings. The molecule has 3 N–H and O–H groups in total. The molecule has 0 saturated heterocycles. The molecular weight excluding hydrogens is 291 g/mol. The van der Waals surface area contributed by atoms with Gasteiger partial charge in [-0.2, -0.15) is 0 Å². The van der Waals surface area contributed by atoms with Gasteiger partial charge in [0.1, 0.15) is 0 Å². The second kappa shape index (κ2) is 7.65. The van der Waals surface area contributed by atoms with Gasteiger partial charge in [0.15, 0.2) is 0 Å².